The first-order valence-corrected chi connectivity index (χ1v) is 7.50. The first kappa shape index (κ1) is 16.0. The lowest BCUT2D eigenvalue weighted by Crippen LogP contribution is -2.16. The van der Waals surface area contributed by atoms with Crippen LogP contribution in [0.5, 0.6) is 0 Å². The molecule has 2 amide bonds. The Morgan fingerprint density at radius 1 is 1.09 bits per heavy atom. The number of carbonyl (C=O) groups is 2. The Kier molecular flexibility index (Phi) is 5.16. The van der Waals surface area contributed by atoms with Crippen LogP contribution in [0.1, 0.15) is 16.1 Å². The second kappa shape index (κ2) is 7.09. The predicted octanol–water partition coefficient (Wildman–Crippen LogP) is 3.42. The van der Waals surface area contributed by atoms with Crippen LogP contribution in [-0.4, -0.2) is 35.1 Å². The normalized spacial score (nSPS) is 10.1. The number of nitrogens with zero attached hydrogens (tertiary/aromatic N) is 2. The summed E-state index contributed by atoms with van der Waals surface area (Å²) in [5.74, 6) is -0.211. The van der Waals surface area contributed by atoms with Crippen molar-refractivity contribution in [1.82, 2.24) is 9.88 Å². The van der Waals surface area contributed by atoms with E-state index in [9.17, 15) is 9.59 Å². The van der Waals surface area contributed by atoms with Gasteiger partial charge in [-0.2, -0.15) is 0 Å². The molecule has 1 heterocycles. The molecule has 1 aromatic heterocycles. The number of amides is 2. The van der Waals surface area contributed by atoms with Gasteiger partial charge >= 0.3 is 0 Å². The van der Waals surface area contributed by atoms with Crippen LogP contribution in [0.2, 0.25) is 0 Å². The van der Waals surface area contributed by atoms with Gasteiger partial charge in [-0.15, -0.1) is 0 Å². The fourth-order valence-corrected chi connectivity index (χ4v) is 2.26. The maximum absolute atomic E-state index is 12.1. The van der Waals surface area contributed by atoms with E-state index in [2.05, 4.69) is 10.3 Å². The second-order valence-corrected chi connectivity index (χ2v) is 5.95. The summed E-state index contributed by atoms with van der Waals surface area (Å²) in [7, 11) is 3.42. The molecule has 2 rings (SSSR count). The minimum absolute atomic E-state index is 0.0393. The largest absolute Gasteiger partial charge is 0.339 e. The van der Waals surface area contributed by atoms with Gasteiger partial charge in [-0.25, -0.2) is 0 Å². The van der Waals surface area contributed by atoms with Gasteiger partial charge in [-0.1, -0.05) is 0 Å². The van der Waals surface area contributed by atoms with Crippen molar-refractivity contribution in [1.29, 1.82) is 0 Å². The van der Waals surface area contributed by atoms with Crippen LogP contribution >= 0.6 is 11.8 Å². The van der Waals surface area contributed by atoms with Gasteiger partial charge in [-0.05, 0) is 55.1 Å². The Morgan fingerprint density at radius 3 is 2.32 bits per heavy atom. The number of nitrogens with one attached hydrogen (secondary N) is 1. The number of aromatic nitrogens is 1. The van der Waals surface area contributed by atoms with Crippen LogP contribution in [-0.2, 0) is 0 Å². The van der Waals surface area contributed by atoms with E-state index in [1.165, 1.54) is 4.90 Å². The van der Waals surface area contributed by atoms with Crippen molar-refractivity contribution in [3.63, 3.8) is 0 Å². The van der Waals surface area contributed by atoms with Gasteiger partial charge in [0, 0.05) is 36.6 Å². The average molecular weight is 315 g/mol. The maximum Gasteiger partial charge on any atom is 0.285 e. The zero-order valence-corrected chi connectivity index (χ0v) is 13.5. The molecule has 1 aromatic carbocycles. The highest BCUT2D eigenvalue weighted by Crippen LogP contribution is 2.22. The van der Waals surface area contributed by atoms with Crippen molar-refractivity contribution in [2.24, 2.45) is 0 Å². The molecular weight excluding hydrogens is 298 g/mol. The van der Waals surface area contributed by atoms with Crippen molar-refractivity contribution >= 4 is 28.6 Å². The van der Waals surface area contributed by atoms with Gasteiger partial charge in [0.2, 0.25) is 0 Å². The van der Waals surface area contributed by atoms with E-state index in [4.69, 9.17) is 0 Å². The number of hydrogen-bond donors (Lipinski definition) is 1. The fourth-order valence-electron chi connectivity index (χ4n) is 1.60. The number of carbonyl (C=O) groups excluding carboxylic acids is 2. The SMILES string of the molecule is Cc1ccc(C(=O)Nc2ccc(SC(=O)N(C)C)cc2)cn1. The highest BCUT2D eigenvalue weighted by Gasteiger charge is 2.08. The summed E-state index contributed by atoms with van der Waals surface area (Å²) >= 11 is 1.14. The van der Waals surface area contributed by atoms with Gasteiger partial charge in [0.1, 0.15) is 0 Å². The molecule has 6 heteroatoms. The van der Waals surface area contributed by atoms with E-state index in [0.29, 0.717) is 11.3 Å². The van der Waals surface area contributed by atoms with Crippen molar-refractivity contribution in [2.45, 2.75) is 11.8 Å². The van der Waals surface area contributed by atoms with Crippen molar-refractivity contribution in [3.8, 4) is 0 Å². The molecule has 0 saturated heterocycles. The summed E-state index contributed by atoms with van der Waals surface area (Å²) in [6, 6.07) is 10.7. The van der Waals surface area contributed by atoms with Crippen molar-refractivity contribution < 1.29 is 9.59 Å². The molecule has 0 atom stereocenters. The number of hydrogen-bond acceptors (Lipinski definition) is 4. The Bertz CT molecular complexity index is 667. The smallest absolute Gasteiger partial charge is 0.285 e. The van der Waals surface area contributed by atoms with Crippen molar-refractivity contribution in [3.05, 3.63) is 53.9 Å². The third-order valence-corrected chi connectivity index (χ3v) is 3.90. The topological polar surface area (TPSA) is 62.3 Å². The van der Waals surface area contributed by atoms with Gasteiger partial charge in [0.25, 0.3) is 11.1 Å². The van der Waals surface area contributed by atoms with Gasteiger partial charge in [-0.3, -0.25) is 14.6 Å². The number of pyridine rings is 1. The highest BCUT2D eigenvalue weighted by molar-refractivity contribution is 8.13. The van der Waals surface area contributed by atoms with E-state index in [1.54, 1.807) is 56.7 Å². The maximum atomic E-state index is 12.1. The van der Waals surface area contributed by atoms with Crippen molar-refractivity contribution in [2.75, 3.05) is 19.4 Å². The molecule has 0 spiro atoms. The summed E-state index contributed by atoms with van der Waals surface area (Å²) in [5, 5.41) is 2.76. The molecule has 0 aliphatic rings. The van der Waals surface area contributed by atoms with Gasteiger partial charge in [0.15, 0.2) is 0 Å². The van der Waals surface area contributed by atoms with E-state index >= 15 is 0 Å². The lowest BCUT2D eigenvalue weighted by molar-refractivity contribution is 0.102. The molecule has 1 N–H and O–H groups in total. The predicted molar refractivity (Wildman–Crippen MR) is 88.3 cm³/mol. The minimum atomic E-state index is -0.211. The van der Waals surface area contributed by atoms with Crippen LogP contribution in [0.3, 0.4) is 0 Å². The Hall–Kier alpha value is -2.34. The van der Waals surface area contributed by atoms with Gasteiger partial charge in [0.05, 0.1) is 5.56 Å². The van der Waals surface area contributed by atoms with Gasteiger partial charge < -0.3 is 10.2 Å². The molecular formula is C16H17N3O2S. The summed E-state index contributed by atoms with van der Waals surface area (Å²) in [6.07, 6.45) is 1.55. The monoisotopic (exact) mass is 315 g/mol. The molecule has 0 unspecified atom stereocenters. The molecule has 0 aliphatic heterocycles. The zero-order chi connectivity index (χ0) is 16.1. The lowest BCUT2D eigenvalue weighted by atomic mass is 10.2. The zero-order valence-electron chi connectivity index (χ0n) is 12.7. The Labute approximate surface area is 133 Å². The number of thioether (sulfide) groups is 1. The number of aryl methyl sites for hydroxylation is 1. The average Bonchev–Trinajstić information content (AvgIpc) is 2.49. The molecule has 114 valence electrons. The Morgan fingerprint density at radius 2 is 1.77 bits per heavy atom. The summed E-state index contributed by atoms with van der Waals surface area (Å²) in [4.78, 5) is 30.1. The standard InChI is InChI=1S/C16H17N3O2S/c1-11-4-5-12(10-17-11)15(20)18-13-6-8-14(9-7-13)22-16(21)19(2)3/h4-10H,1-3H3,(H,18,20). The summed E-state index contributed by atoms with van der Waals surface area (Å²) < 4.78 is 0. The first-order valence-electron chi connectivity index (χ1n) is 6.69. The van der Waals surface area contributed by atoms with Crippen LogP contribution in [0.25, 0.3) is 0 Å². The van der Waals surface area contributed by atoms with Crippen LogP contribution in [0.15, 0.2) is 47.5 Å². The van der Waals surface area contributed by atoms with E-state index in [0.717, 1.165) is 22.4 Å². The number of rotatable bonds is 3. The molecule has 0 radical (unpaired) electrons. The molecule has 0 saturated carbocycles. The number of anilines is 1. The van der Waals surface area contributed by atoms with E-state index in [-0.39, 0.29) is 11.1 Å². The molecule has 22 heavy (non-hydrogen) atoms. The fraction of sp³-hybridized carbons (Fsp3) is 0.188. The van der Waals surface area contributed by atoms with E-state index < -0.39 is 0 Å². The van der Waals surface area contributed by atoms with Crippen LogP contribution < -0.4 is 5.32 Å². The Balaban J connectivity index is 2.00. The van der Waals surface area contributed by atoms with Crippen LogP contribution in [0.4, 0.5) is 10.5 Å². The summed E-state index contributed by atoms with van der Waals surface area (Å²) in [5.41, 5.74) is 2.04. The first-order chi connectivity index (χ1) is 10.5. The van der Waals surface area contributed by atoms with E-state index in [1.807, 2.05) is 6.92 Å². The molecule has 0 aliphatic carbocycles. The molecule has 2 aromatic rings. The quantitative estimate of drug-likeness (QED) is 0.882. The van der Waals surface area contributed by atoms with Crippen LogP contribution in [0, 0.1) is 6.92 Å². The molecule has 0 fully saturated rings. The molecule has 0 bridgehead atoms. The lowest BCUT2D eigenvalue weighted by Gasteiger charge is -2.10. The molecule has 5 nitrogen and oxygen atoms in total. The second-order valence-electron chi connectivity index (χ2n) is 4.93. The highest BCUT2D eigenvalue weighted by atomic mass is 32.2. The number of benzene rings is 1. The summed E-state index contributed by atoms with van der Waals surface area (Å²) in [6.45, 7) is 1.87. The third kappa shape index (κ3) is 4.33. The third-order valence-electron chi connectivity index (χ3n) is 2.86. The minimum Gasteiger partial charge on any atom is -0.339 e.